The van der Waals surface area contributed by atoms with E-state index in [0.29, 0.717) is 14.4 Å². The monoisotopic (exact) mass is 330 g/mol. The fourth-order valence-electron chi connectivity index (χ4n) is 1.40. The second-order valence-electron chi connectivity index (χ2n) is 4.17. The maximum Gasteiger partial charge on any atom is 0.416 e. The fourth-order valence-corrected chi connectivity index (χ4v) is 3.18. The quantitative estimate of drug-likeness (QED) is 0.860. The molecule has 0 aliphatic rings. The predicted octanol–water partition coefficient (Wildman–Crippen LogP) is 3.65. The molecular weight excluding hydrogens is 321 g/mol. The lowest BCUT2D eigenvalue weighted by atomic mass is 10.1. The molecule has 1 heterocycles. The Kier molecular flexibility index (Phi) is 4.39. The third-order valence-corrected chi connectivity index (χ3v) is 4.62. The molecule has 4 nitrogen and oxygen atoms in total. The Balaban J connectivity index is 2.30. The van der Waals surface area contributed by atoms with Crippen LogP contribution in [-0.4, -0.2) is 24.3 Å². The molecule has 0 radical (unpaired) electrons. The standard InChI is InChI=1S/C12H9F3N4S2/c1-19(2)10-17-18-11(21-10)20-9-4-3-8(12(13,14)15)5-7(9)6-16/h3-5H,1-2H3. The van der Waals surface area contributed by atoms with Crippen LogP contribution in [0.3, 0.4) is 0 Å². The summed E-state index contributed by atoms with van der Waals surface area (Å²) in [6.45, 7) is 0. The van der Waals surface area contributed by atoms with Gasteiger partial charge in [0.25, 0.3) is 0 Å². The first-order valence-electron chi connectivity index (χ1n) is 5.61. The summed E-state index contributed by atoms with van der Waals surface area (Å²) in [6, 6.07) is 4.86. The normalized spacial score (nSPS) is 11.2. The molecule has 0 aliphatic carbocycles. The molecule has 0 bridgehead atoms. The summed E-state index contributed by atoms with van der Waals surface area (Å²) >= 11 is 2.42. The molecule has 0 spiro atoms. The van der Waals surface area contributed by atoms with Crippen molar-refractivity contribution in [3.63, 3.8) is 0 Å². The molecule has 0 amide bonds. The zero-order valence-corrected chi connectivity index (χ0v) is 12.6. The van der Waals surface area contributed by atoms with Crippen LogP contribution in [0.25, 0.3) is 0 Å². The van der Waals surface area contributed by atoms with Gasteiger partial charge in [-0.05, 0) is 18.2 Å². The first-order valence-corrected chi connectivity index (χ1v) is 7.24. The summed E-state index contributed by atoms with van der Waals surface area (Å²) in [5, 5.41) is 17.6. The fraction of sp³-hybridized carbons (Fsp3) is 0.250. The van der Waals surface area contributed by atoms with E-state index in [1.165, 1.54) is 17.4 Å². The largest absolute Gasteiger partial charge is 0.416 e. The number of hydrogen-bond donors (Lipinski definition) is 0. The highest BCUT2D eigenvalue weighted by Gasteiger charge is 2.31. The molecule has 0 unspecified atom stereocenters. The Morgan fingerprint density at radius 2 is 2.00 bits per heavy atom. The van der Waals surface area contributed by atoms with Crippen LogP contribution in [0.1, 0.15) is 11.1 Å². The zero-order chi connectivity index (χ0) is 15.6. The van der Waals surface area contributed by atoms with Crippen molar-refractivity contribution in [1.29, 1.82) is 5.26 Å². The lowest BCUT2D eigenvalue weighted by Crippen LogP contribution is -2.07. The van der Waals surface area contributed by atoms with Gasteiger partial charge in [-0.3, -0.25) is 0 Å². The van der Waals surface area contributed by atoms with E-state index in [4.69, 9.17) is 5.26 Å². The average molecular weight is 330 g/mol. The minimum Gasteiger partial charge on any atom is -0.353 e. The van der Waals surface area contributed by atoms with E-state index in [-0.39, 0.29) is 5.56 Å². The summed E-state index contributed by atoms with van der Waals surface area (Å²) in [7, 11) is 3.63. The predicted molar refractivity (Wildman–Crippen MR) is 74.5 cm³/mol. The number of benzene rings is 1. The number of nitrogens with zero attached hydrogens (tertiary/aromatic N) is 4. The van der Waals surface area contributed by atoms with E-state index >= 15 is 0 Å². The number of aromatic nitrogens is 2. The second kappa shape index (κ2) is 5.91. The van der Waals surface area contributed by atoms with E-state index in [1.807, 2.05) is 14.1 Å². The van der Waals surface area contributed by atoms with Crippen LogP contribution < -0.4 is 4.90 Å². The highest BCUT2D eigenvalue weighted by Crippen LogP contribution is 2.37. The van der Waals surface area contributed by atoms with Gasteiger partial charge in [0.05, 0.1) is 11.1 Å². The minimum absolute atomic E-state index is 0.0311. The molecule has 0 saturated heterocycles. The Morgan fingerprint density at radius 3 is 2.52 bits per heavy atom. The molecule has 0 saturated carbocycles. The molecular formula is C12H9F3N4S2. The molecule has 9 heteroatoms. The number of nitriles is 1. The van der Waals surface area contributed by atoms with Gasteiger partial charge in [-0.25, -0.2) is 0 Å². The maximum atomic E-state index is 12.6. The van der Waals surface area contributed by atoms with Crippen molar-refractivity contribution in [2.75, 3.05) is 19.0 Å². The Labute approximate surface area is 127 Å². The number of hydrogen-bond acceptors (Lipinski definition) is 6. The topological polar surface area (TPSA) is 52.8 Å². The Hall–Kier alpha value is -1.79. The molecule has 0 N–H and O–H groups in total. The van der Waals surface area contributed by atoms with Crippen molar-refractivity contribution in [2.24, 2.45) is 0 Å². The van der Waals surface area contributed by atoms with E-state index in [1.54, 1.807) is 11.0 Å². The maximum absolute atomic E-state index is 12.6. The Morgan fingerprint density at radius 1 is 1.29 bits per heavy atom. The second-order valence-corrected chi connectivity index (χ2v) is 6.41. The van der Waals surface area contributed by atoms with Gasteiger partial charge in [0.1, 0.15) is 6.07 Å². The van der Waals surface area contributed by atoms with Gasteiger partial charge in [0.2, 0.25) is 5.13 Å². The van der Waals surface area contributed by atoms with E-state index in [9.17, 15) is 13.2 Å². The van der Waals surface area contributed by atoms with Crippen molar-refractivity contribution in [3.05, 3.63) is 29.3 Å². The minimum atomic E-state index is -4.46. The summed E-state index contributed by atoms with van der Waals surface area (Å²) < 4.78 is 38.4. The van der Waals surface area contributed by atoms with E-state index in [0.717, 1.165) is 23.9 Å². The van der Waals surface area contributed by atoms with Gasteiger partial charge in [-0.1, -0.05) is 23.1 Å². The van der Waals surface area contributed by atoms with Crippen LogP contribution in [0.5, 0.6) is 0 Å². The van der Waals surface area contributed by atoms with Gasteiger partial charge in [0.15, 0.2) is 4.34 Å². The zero-order valence-electron chi connectivity index (χ0n) is 11.0. The van der Waals surface area contributed by atoms with Gasteiger partial charge in [-0.15, -0.1) is 10.2 Å². The van der Waals surface area contributed by atoms with Crippen LogP contribution in [0.2, 0.25) is 0 Å². The summed E-state index contributed by atoms with van der Waals surface area (Å²) in [5.74, 6) is 0. The van der Waals surface area contributed by atoms with Crippen molar-refractivity contribution in [1.82, 2.24) is 10.2 Å². The van der Waals surface area contributed by atoms with E-state index in [2.05, 4.69) is 10.2 Å². The number of anilines is 1. The first-order chi connectivity index (χ1) is 9.81. The van der Waals surface area contributed by atoms with Crippen LogP contribution in [0, 0.1) is 11.3 Å². The molecule has 0 fully saturated rings. The molecule has 1 aromatic carbocycles. The molecule has 0 atom stereocenters. The lowest BCUT2D eigenvalue weighted by Gasteiger charge is -2.08. The van der Waals surface area contributed by atoms with Gasteiger partial charge < -0.3 is 4.90 Å². The summed E-state index contributed by atoms with van der Waals surface area (Å²) in [4.78, 5) is 2.20. The molecule has 0 aliphatic heterocycles. The van der Waals surface area contributed by atoms with Crippen molar-refractivity contribution >= 4 is 28.2 Å². The van der Waals surface area contributed by atoms with Crippen LogP contribution in [-0.2, 0) is 6.18 Å². The molecule has 21 heavy (non-hydrogen) atoms. The van der Waals surface area contributed by atoms with Crippen molar-refractivity contribution < 1.29 is 13.2 Å². The van der Waals surface area contributed by atoms with Crippen LogP contribution in [0.4, 0.5) is 18.3 Å². The molecule has 1 aromatic heterocycles. The van der Waals surface area contributed by atoms with Crippen molar-refractivity contribution in [3.8, 4) is 6.07 Å². The van der Waals surface area contributed by atoms with E-state index < -0.39 is 11.7 Å². The van der Waals surface area contributed by atoms with Gasteiger partial charge in [-0.2, -0.15) is 18.4 Å². The SMILES string of the molecule is CN(C)c1nnc(Sc2ccc(C(F)(F)F)cc2C#N)s1. The molecule has 2 aromatic rings. The summed E-state index contributed by atoms with van der Waals surface area (Å²) in [6.07, 6.45) is -4.46. The molecule has 110 valence electrons. The highest BCUT2D eigenvalue weighted by atomic mass is 32.2. The number of alkyl halides is 3. The lowest BCUT2D eigenvalue weighted by molar-refractivity contribution is -0.137. The number of halogens is 3. The highest BCUT2D eigenvalue weighted by molar-refractivity contribution is 8.01. The first kappa shape index (κ1) is 15.6. The Bertz CT molecular complexity index is 689. The average Bonchev–Trinajstić information content (AvgIpc) is 2.86. The molecule has 2 rings (SSSR count). The van der Waals surface area contributed by atoms with Crippen LogP contribution in [0.15, 0.2) is 27.4 Å². The third-order valence-electron chi connectivity index (χ3n) is 2.40. The van der Waals surface area contributed by atoms with Gasteiger partial charge in [0, 0.05) is 19.0 Å². The number of rotatable bonds is 3. The van der Waals surface area contributed by atoms with Crippen molar-refractivity contribution in [2.45, 2.75) is 15.4 Å². The summed E-state index contributed by atoms with van der Waals surface area (Å²) in [5.41, 5.74) is -0.869. The smallest absolute Gasteiger partial charge is 0.353 e. The van der Waals surface area contributed by atoms with Gasteiger partial charge >= 0.3 is 6.18 Å². The van der Waals surface area contributed by atoms with Crippen LogP contribution >= 0.6 is 23.1 Å². The third kappa shape index (κ3) is 3.65.